The third kappa shape index (κ3) is 22.7. The molecule has 1 amide bonds. The van der Waals surface area contributed by atoms with E-state index in [1.165, 1.54) is 52.0 Å². The molecule has 0 radical (unpaired) electrons. The van der Waals surface area contributed by atoms with Gasteiger partial charge in [0, 0.05) is 18.8 Å². The molecule has 47 nitrogen and oxygen atoms in total. The summed E-state index contributed by atoms with van der Waals surface area (Å²) in [5, 5.41) is 271. The number of esters is 3. The van der Waals surface area contributed by atoms with Crippen LogP contribution in [0, 0.1) is 50.2 Å². The number of hydrogen-bond donors (Lipinski definition) is 25. The van der Waals surface area contributed by atoms with Gasteiger partial charge >= 0.3 is 17.9 Å². The summed E-state index contributed by atoms with van der Waals surface area (Å²) in [5.41, 5.74) is -9.14. The van der Waals surface area contributed by atoms with E-state index < -0.39 is 378 Å². The Labute approximate surface area is 833 Å². The molecule has 822 valence electrons. The number of aliphatic hydroxyl groups excluding tert-OH is 23. The fourth-order valence-corrected chi connectivity index (χ4v) is 24.4. The second-order valence-corrected chi connectivity index (χ2v) is 43.7. The van der Waals surface area contributed by atoms with E-state index >= 15 is 9.59 Å². The van der Waals surface area contributed by atoms with Gasteiger partial charge in [-0.3, -0.25) is 9.59 Å². The van der Waals surface area contributed by atoms with Crippen LogP contribution < -0.4 is 5.32 Å². The molecule has 25 N–H and O–H groups in total. The fourth-order valence-electron chi connectivity index (χ4n) is 24.4. The first-order valence-electron chi connectivity index (χ1n) is 49.6. The number of nitrogens with one attached hydrogen (secondary N) is 1. The summed E-state index contributed by atoms with van der Waals surface area (Å²) < 4.78 is 110. The van der Waals surface area contributed by atoms with Crippen LogP contribution in [-0.2, 0) is 104 Å². The topological polar surface area (TPSA) is 732 Å². The Kier molecular flexibility index (Phi) is 37.2. The number of allylic oxidation sites excluding steroid dienone is 4. The summed E-state index contributed by atoms with van der Waals surface area (Å²) in [6.45, 7) is 22.5. The van der Waals surface area contributed by atoms with Gasteiger partial charge in [-0.2, -0.15) is 0 Å². The maximum absolute atomic E-state index is 16.9. The lowest BCUT2D eigenvalue weighted by Gasteiger charge is -2.72. The van der Waals surface area contributed by atoms with Crippen molar-refractivity contribution in [3.63, 3.8) is 0 Å². The van der Waals surface area contributed by atoms with E-state index in [0.717, 1.165) is 0 Å². The van der Waals surface area contributed by atoms with Crippen molar-refractivity contribution in [1.82, 2.24) is 5.32 Å². The largest absolute Gasteiger partial charge is 0.458 e. The molecular formula is C97H153NO46. The molecule has 12 fully saturated rings. The van der Waals surface area contributed by atoms with Crippen molar-refractivity contribution in [2.45, 2.75) is 417 Å². The smallest absolute Gasteiger partial charge is 0.336 e. The van der Waals surface area contributed by atoms with Crippen LogP contribution in [-0.4, -0.2) is 456 Å². The molecule has 0 unspecified atom stereocenters. The Bertz CT molecular complexity index is 4450. The molecule has 8 aliphatic heterocycles. The van der Waals surface area contributed by atoms with Gasteiger partial charge in [0.25, 0.3) is 0 Å². The highest BCUT2D eigenvalue weighted by atomic mass is 16.8. The quantitative estimate of drug-likeness (QED) is 0.00923. The summed E-state index contributed by atoms with van der Waals surface area (Å²) in [5.74, 6) is -5.48. The van der Waals surface area contributed by atoms with E-state index in [2.05, 4.69) is 38.4 Å². The summed E-state index contributed by atoms with van der Waals surface area (Å²) >= 11 is 0. The molecule has 0 aromatic rings. The maximum Gasteiger partial charge on any atom is 0.336 e. The zero-order chi connectivity index (χ0) is 106. The van der Waals surface area contributed by atoms with Crippen LogP contribution in [0.3, 0.4) is 0 Å². The van der Waals surface area contributed by atoms with Crippen molar-refractivity contribution in [2.75, 3.05) is 52.9 Å². The third-order valence-corrected chi connectivity index (χ3v) is 33.6. The van der Waals surface area contributed by atoms with E-state index in [4.69, 9.17) is 85.3 Å². The zero-order valence-electron chi connectivity index (χ0n) is 83.0. The van der Waals surface area contributed by atoms with Gasteiger partial charge in [0.2, 0.25) is 12.2 Å². The van der Waals surface area contributed by atoms with Gasteiger partial charge in [0.05, 0.1) is 99.6 Å². The number of hydrogen-bond acceptors (Lipinski definition) is 46. The van der Waals surface area contributed by atoms with Crippen LogP contribution >= 0.6 is 0 Å². The summed E-state index contributed by atoms with van der Waals surface area (Å²) in [4.78, 5) is 58.4. The Morgan fingerprint density at radius 2 is 0.979 bits per heavy atom. The molecule has 8 saturated heterocycles. The first-order valence-corrected chi connectivity index (χ1v) is 49.6. The Morgan fingerprint density at radius 3 is 1.58 bits per heavy atom. The minimum atomic E-state index is -2.30. The zero-order valence-corrected chi connectivity index (χ0v) is 83.0. The van der Waals surface area contributed by atoms with Gasteiger partial charge in [0.15, 0.2) is 56.2 Å². The second kappa shape index (κ2) is 46.1. The molecule has 144 heavy (non-hydrogen) atoms. The van der Waals surface area contributed by atoms with E-state index in [1.54, 1.807) is 20.8 Å². The Balaban J connectivity index is 0.786. The van der Waals surface area contributed by atoms with E-state index in [9.17, 15) is 132 Å². The summed E-state index contributed by atoms with van der Waals surface area (Å²) in [6.07, 6.45) is -59.4. The molecule has 0 bridgehead atoms. The fraction of sp³-hybridized carbons (Fsp3) is 0.856. The third-order valence-electron chi connectivity index (χ3n) is 33.6. The van der Waals surface area contributed by atoms with Crippen molar-refractivity contribution >= 4 is 23.8 Å². The number of rotatable bonds is 35. The van der Waals surface area contributed by atoms with Crippen molar-refractivity contribution in [1.29, 1.82) is 0 Å². The monoisotopic (exact) mass is 2070 g/mol. The first-order chi connectivity index (χ1) is 67.5. The molecule has 49 atom stereocenters. The molecule has 4 saturated carbocycles. The first kappa shape index (κ1) is 116. The van der Waals surface area contributed by atoms with Crippen LogP contribution in [0.2, 0.25) is 0 Å². The highest BCUT2D eigenvalue weighted by Gasteiger charge is 2.74. The predicted molar refractivity (Wildman–Crippen MR) is 485 cm³/mol. The number of carbonyl (C=O) groups is 4. The second-order valence-electron chi connectivity index (χ2n) is 43.7. The van der Waals surface area contributed by atoms with Crippen molar-refractivity contribution < 1.29 is 227 Å². The molecule has 0 aromatic heterocycles. The van der Waals surface area contributed by atoms with Crippen molar-refractivity contribution in [2.24, 2.45) is 50.2 Å². The normalized spacial score (nSPS) is 47.4. The van der Waals surface area contributed by atoms with Gasteiger partial charge < -0.3 is 213 Å². The molecule has 8 heterocycles. The van der Waals surface area contributed by atoms with Crippen LogP contribution in [0.4, 0.5) is 0 Å². The summed E-state index contributed by atoms with van der Waals surface area (Å²) in [7, 11) is 0. The highest BCUT2D eigenvalue weighted by Crippen LogP contribution is 2.76. The Morgan fingerprint density at radius 1 is 0.479 bits per heavy atom. The lowest BCUT2D eigenvalue weighted by atomic mass is 9.33. The van der Waals surface area contributed by atoms with Crippen LogP contribution in [0.5, 0.6) is 0 Å². The molecular weight excluding hydrogens is 1920 g/mol. The molecule has 13 rings (SSSR count). The molecule has 13 aliphatic rings. The van der Waals surface area contributed by atoms with Crippen LogP contribution in [0.1, 0.15) is 160 Å². The number of fused-ring (bicyclic) bond motifs is 7. The Hall–Kier alpha value is -4.98. The number of ether oxygens (including phenoxy) is 18. The number of carbonyl (C=O) groups excluding carboxylic acids is 4. The molecule has 0 spiro atoms. The minimum Gasteiger partial charge on any atom is -0.458 e. The lowest BCUT2D eigenvalue weighted by Crippen LogP contribution is -2.70. The van der Waals surface area contributed by atoms with Crippen molar-refractivity contribution in [3.8, 4) is 0 Å². The van der Waals surface area contributed by atoms with E-state index in [-0.39, 0.29) is 61.5 Å². The highest BCUT2D eigenvalue weighted by molar-refractivity contribution is 5.89. The lowest BCUT2D eigenvalue weighted by molar-refractivity contribution is -0.390. The predicted octanol–water partition coefficient (Wildman–Crippen LogP) is -6.31. The number of amides is 1. The standard InChI is InChI=1S/C97H153NO46/c1-15-92(10,126)25-17-19-44(33-100)80(124)138-74-40(3)131-86(72(121)68(74)117)144-93(11,16-2)26-18-20-43(32-99)79(123)136-57-31-97(89(125)143-88-78(67(116)62(111)50(35-102)134-88)142-85-73(122)76(140-84-71(120)66(115)61(110)49(34-101)132-84)75(41(4)130-85)139-83-70(119)63(112)51(36-103)133-83)46(29-90(57,6)7)45-21-22-54-94(12)27-24-56(91(8,9)53(94)23-28-95(54,13)96(45,14)30-55(97)107)137-81-58(98-42(5)104)65(114)64(113)52(135-81)39-129-87-77(60(109)48(106)38-128-87)141-82-69(118)59(108)47(105)37-127-82/h15-16,19-21,40-41,46-78,81-88,99-103,105-122,126H,1-2,17-18,22-39H2,3-14H3,(H,98,104)/b43-20+,44-19+/t40-,41+,46+,47-,48+,49-,50-,51+,52-,53+,54-,55-,56+,57+,58-,59+,60+,61-,62-,63+,64-,65-,66+,67+,68-,69-,70-,71-,72-,73-,74-,75+,76+,77-,78-,81+,82+,83+,84+,85+,86+,87+,88+,92-,93-,94+,95-,96-,97-/m1/s1. The minimum absolute atomic E-state index is 0.0567. The number of aliphatic hydroxyl groups is 24. The molecule has 0 aromatic carbocycles. The molecule has 47 heteroatoms. The SMILES string of the molecule is C=C[C@@](C)(O)CC/C=C(\CO)C(=O)O[C@H]1[C@H](O)[C@@H](O)[C@H](O[C@](C)(C=C)CC/C=C(\CO)C(=O)O[C@H]2C[C@]3(C(=O)O[C@@H]4O[C@H](CO)[C@@H](O)[C@H](O)[C@H]4O[C@@H]4O[C@@H](C)[C@H](O[C@@H]5O[C@@H](CO)[C@H](O)[C@H]5O)[C@@H](O[C@@H]5O[C@H](CO)[C@@H](O)[C@H](O)[C@H]5O)[C@H]4O)[C@H](O)C[C@]4(C)C(=CC[C@@H]5[C@@]6(C)CC[C@H](O[C@@H]7O[C@H](CO[C@@H]8OC[C@H](O)[C@H](O)[C@H]8O[C@@H]8OC[C@@H](O)[C@H](O)[C@H]8O)[C@@H](O)[C@H](O)[C@H]7NC(C)=O)C(C)(C)[C@@H]6CC[C@]54C)[C@@H]3CC2(C)C)O[C@@H]1C. The summed E-state index contributed by atoms with van der Waals surface area (Å²) in [6, 6.07) is -1.38. The maximum atomic E-state index is 16.9. The van der Waals surface area contributed by atoms with Crippen molar-refractivity contribution in [3.05, 3.63) is 60.3 Å². The van der Waals surface area contributed by atoms with Gasteiger partial charge in [0.1, 0.15) is 164 Å². The van der Waals surface area contributed by atoms with E-state index in [0.29, 0.717) is 37.7 Å². The van der Waals surface area contributed by atoms with Gasteiger partial charge in [-0.15, -0.1) is 13.2 Å². The van der Waals surface area contributed by atoms with Crippen LogP contribution in [0.15, 0.2) is 60.3 Å². The van der Waals surface area contributed by atoms with Crippen LogP contribution in [0.25, 0.3) is 0 Å². The average Bonchev–Trinajstić information content (AvgIpc) is 0.709. The molecule has 5 aliphatic carbocycles. The van der Waals surface area contributed by atoms with Gasteiger partial charge in [-0.05, 0) is 138 Å². The van der Waals surface area contributed by atoms with Gasteiger partial charge in [-0.25, -0.2) is 9.59 Å². The van der Waals surface area contributed by atoms with Gasteiger partial charge in [-0.1, -0.05) is 84.4 Å². The van der Waals surface area contributed by atoms with E-state index in [1.807, 2.05) is 20.8 Å². The average molecular weight is 2070 g/mol.